The fourth-order valence-electron chi connectivity index (χ4n) is 2.93. The molecule has 0 spiro atoms. The lowest BCUT2D eigenvalue weighted by Crippen LogP contribution is -2.32. The summed E-state index contributed by atoms with van der Waals surface area (Å²) < 4.78 is 8.28. The van der Waals surface area contributed by atoms with Crippen LogP contribution < -0.4 is 10.1 Å². The van der Waals surface area contributed by atoms with E-state index in [-0.39, 0.29) is 11.9 Å². The van der Waals surface area contributed by atoms with Crippen LogP contribution in [0.5, 0.6) is 5.75 Å². The summed E-state index contributed by atoms with van der Waals surface area (Å²) in [5.41, 5.74) is 2.32. The molecule has 3 aromatic rings. The highest BCUT2D eigenvalue weighted by molar-refractivity contribution is 9.10. The van der Waals surface area contributed by atoms with Crippen molar-refractivity contribution >= 4 is 33.4 Å². The number of benzene rings is 2. The number of carbonyl (C=O) groups excluding carboxylic acids is 1. The largest absolute Gasteiger partial charge is 0.493 e. The summed E-state index contributed by atoms with van der Waals surface area (Å²) in [5, 5.41) is 8.00. The van der Waals surface area contributed by atoms with Gasteiger partial charge in [-0.15, -0.1) is 0 Å². The summed E-state index contributed by atoms with van der Waals surface area (Å²) in [6.45, 7) is 0.573. The Hall–Kier alpha value is -2.31. The van der Waals surface area contributed by atoms with E-state index >= 15 is 0 Å². The Balaban J connectivity index is 1.53. The van der Waals surface area contributed by atoms with Crippen molar-refractivity contribution in [1.82, 2.24) is 15.1 Å². The van der Waals surface area contributed by atoms with Crippen molar-refractivity contribution in [3.05, 3.63) is 75.5 Å². The van der Waals surface area contributed by atoms with Gasteiger partial charge in [0.15, 0.2) is 0 Å². The molecule has 1 N–H and O–H groups in total. The van der Waals surface area contributed by atoms with Crippen LogP contribution in [0.2, 0.25) is 5.02 Å². The predicted octanol–water partition coefficient (Wildman–Crippen LogP) is 4.54. The smallest absolute Gasteiger partial charge is 0.254 e. The SMILES string of the molecule is O=C(NC1CCOc2ccc(Br)cc21)c1cnn(-c2ccc(Cl)cc2)c1. The number of rotatable bonds is 3. The second-order valence-corrected chi connectivity index (χ2v) is 7.35. The van der Waals surface area contributed by atoms with E-state index in [9.17, 15) is 4.79 Å². The molecule has 132 valence electrons. The molecule has 2 aromatic carbocycles. The minimum atomic E-state index is -0.164. The third-order valence-corrected chi connectivity index (χ3v) is 5.00. The van der Waals surface area contributed by atoms with Gasteiger partial charge in [-0.05, 0) is 42.5 Å². The van der Waals surface area contributed by atoms with Crippen molar-refractivity contribution in [1.29, 1.82) is 0 Å². The van der Waals surface area contributed by atoms with Gasteiger partial charge in [0.05, 0.1) is 30.1 Å². The first-order valence-electron chi connectivity index (χ1n) is 8.14. The van der Waals surface area contributed by atoms with Gasteiger partial charge in [0.25, 0.3) is 5.91 Å². The van der Waals surface area contributed by atoms with Gasteiger partial charge in [-0.3, -0.25) is 4.79 Å². The summed E-state index contributed by atoms with van der Waals surface area (Å²) in [4.78, 5) is 12.7. The highest BCUT2D eigenvalue weighted by Gasteiger charge is 2.24. The number of halogens is 2. The zero-order valence-corrected chi connectivity index (χ0v) is 16.0. The molecule has 1 unspecified atom stereocenters. The molecule has 0 saturated heterocycles. The molecule has 1 aliphatic rings. The standard InChI is InChI=1S/C19H15BrClN3O2/c20-13-1-6-18-16(9-13)17(7-8-26-18)23-19(25)12-10-22-24(11-12)15-4-2-14(21)3-5-15/h1-6,9-11,17H,7-8H2,(H,23,25). The van der Waals surface area contributed by atoms with Crippen LogP contribution in [0.25, 0.3) is 5.69 Å². The van der Waals surface area contributed by atoms with Crippen LogP contribution in [0, 0.1) is 0 Å². The summed E-state index contributed by atoms with van der Waals surface area (Å²) >= 11 is 9.38. The van der Waals surface area contributed by atoms with Crippen molar-refractivity contribution in [3.63, 3.8) is 0 Å². The van der Waals surface area contributed by atoms with Gasteiger partial charge in [-0.25, -0.2) is 4.68 Å². The Kier molecular flexibility index (Phi) is 4.70. The van der Waals surface area contributed by atoms with E-state index in [1.54, 1.807) is 29.2 Å². The molecule has 4 rings (SSSR count). The van der Waals surface area contributed by atoms with Crippen LogP contribution in [0.3, 0.4) is 0 Å². The minimum Gasteiger partial charge on any atom is -0.493 e. The van der Waals surface area contributed by atoms with Gasteiger partial charge in [0.2, 0.25) is 0 Å². The normalized spacial score (nSPS) is 15.8. The number of hydrogen-bond acceptors (Lipinski definition) is 3. The molecule has 0 radical (unpaired) electrons. The third-order valence-electron chi connectivity index (χ3n) is 4.25. The molecule has 7 heteroatoms. The molecule has 0 bridgehead atoms. The van der Waals surface area contributed by atoms with Crippen molar-refractivity contribution in [2.75, 3.05) is 6.61 Å². The number of aromatic nitrogens is 2. The van der Waals surface area contributed by atoms with E-state index in [0.29, 0.717) is 17.2 Å². The molecule has 26 heavy (non-hydrogen) atoms. The monoisotopic (exact) mass is 431 g/mol. The number of amides is 1. The van der Waals surface area contributed by atoms with Gasteiger partial charge in [0, 0.05) is 27.7 Å². The van der Waals surface area contributed by atoms with E-state index in [1.807, 2.05) is 30.3 Å². The Morgan fingerprint density at radius 1 is 1.27 bits per heavy atom. The number of ether oxygens (including phenoxy) is 1. The topological polar surface area (TPSA) is 56.1 Å². The van der Waals surface area contributed by atoms with E-state index < -0.39 is 0 Å². The lowest BCUT2D eigenvalue weighted by Gasteiger charge is -2.26. The van der Waals surface area contributed by atoms with Crippen LogP contribution in [0.15, 0.2) is 59.3 Å². The van der Waals surface area contributed by atoms with Gasteiger partial charge < -0.3 is 10.1 Å². The van der Waals surface area contributed by atoms with Crippen molar-refractivity contribution < 1.29 is 9.53 Å². The van der Waals surface area contributed by atoms with Crippen LogP contribution >= 0.6 is 27.5 Å². The minimum absolute atomic E-state index is 0.0948. The van der Waals surface area contributed by atoms with Crippen LogP contribution in [0.1, 0.15) is 28.4 Å². The summed E-state index contributed by atoms with van der Waals surface area (Å²) in [6, 6.07) is 13.0. The summed E-state index contributed by atoms with van der Waals surface area (Å²) in [7, 11) is 0. The van der Waals surface area contributed by atoms with Gasteiger partial charge >= 0.3 is 0 Å². The van der Waals surface area contributed by atoms with Crippen LogP contribution in [-0.2, 0) is 0 Å². The maximum atomic E-state index is 12.7. The molecule has 1 amide bonds. The second-order valence-electron chi connectivity index (χ2n) is 6.00. The average Bonchev–Trinajstić information content (AvgIpc) is 3.13. The number of hydrogen-bond donors (Lipinski definition) is 1. The predicted molar refractivity (Wildman–Crippen MR) is 103 cm³/mol. The molecule has 0 fully saturated rings. The van der Waals surface area contributed by atoms with Gasteiger partial charge in [-0.2, -0.15) is 5.10 Å². The molecule has 0 saturated carbocycles. The number of nitrogens with one attached hydrogen (secondary N) is 1. The maximum absolute atomic E-state index is 12.7. The molecule has 1 atom stereocenters. The van der Waals surface area contributed by atoms with Crippen LogP contribution in [-0.4, -0.2) is 22.3 Å². The van der Waals surface area contributed by atoms with E-state index in [4.69, 9.17) is 16.3 Å². The highest BCUT2D eigenvalue weighted by Crippen LogP contribution is 2.34. The molecule has 0 aliphatic carbocycles. The Morgan fingerprint density at radius 2 is 2.08 bits per heavy atom. The van der Waals surface area contributed by atoms with Gasteiger partial charge in [-0.1, -0.05) is 27.5 Å². The molecule has 2 heterocycles. The molecule has 1 aliphatic heterocycles. The Morgan fingerprint density at radius 3 is 2.88 bits per heavy atom. The quantitative estimate of drug-likeness (QED) is 0.661. The first kappa shape index (κ1) is 17.1. The zero-order chi connectivity index (χ0) is 18.1. The first-order valence-corrected chi connectivity index (χ1v) is 9.31. The van der Waals surface area contributed by atoms with Crippen molar-refractivity contribution in [2.45, 2.75) is 12.5 Å². The highest BCUT2D eigenvalue weighted by atomic mass is 79.9. The first-order chi connectivity index (χ1) is 12.6. The third kappa shape index (κ3) is 3.48. The fraction of sp³-hybridized carbons (Fsp3) is 0.158. The Bertz CT molecular complexity index is 956. The number of fused-ring (bicyclic) bond motifs is 1. The zero-order valence-electron chi connectivity index (χ0n) is 13.7. The summed E-state index contributed by atoms with van der Waals surface area (Å²) in [6.07, 6.45) is 3.99. The van der Waals surface area contributed by atoms with E-state index in [0.717, 1.165) is 27.9 Å². The average molecular weight is 433 g/mol. The molecule has 1 aromatic heterocycles. The molecule has 5 nitrogen and oxygen atoms in total. The van der Waals surface area contributed by atoms with Crippen molar-refractivity contribution in [2.24, 2.45) is 0 Å². The van der Waals surface area contributed by atoms with Gasteiger partial charge in [0.1, 0.15) is 5.75 Å². The maximum Gasteiger partial charge on any atom is 0.254 e. The number of carbonyl (C=O) groups is 1. The van der Waals surface area contributed by atoms with Crippen LogP contribution in [0.4, 0.5) is 0 Å². The Labute approximate surface area is 164 Å². The fourth-order valence-corrected chi connectivity index (χ4v) is 3.44. The number of nitrogens with zero attached hydrogens (tertiary/aromatic N) is 2. The second kappa shape index (κ2) is 7.13. The van der Waals surface area contributed by atoms with Crippen molar-refractivity contribution in [3.8, 4) is 11.4 Å². The molecular formula is C19H15BrClN3O2. The van der Waals surface area contributed by atoms with E-state index in [1.165, 1.54) is 0 Å². The molecular weight excluding hydrogens is 418 g/mol. The van der Waals surface area contributed by atoms with E-state index in [2.05, 4.69) is 26.3 Å². The lowest BCUT2D eigenvalue weighted by molar-refractivity contribution is 0.0925. The summed E-state index contributed by atoms with van der Waals surface area (Å²) in [5.74, 6) is 0.643. The lowest BCUT2D eigenvalue weighted by atomic mass is 10.0.